The maximum atomic E-state index is 11.5. The minimum absolute atomic E-state index is 0.172. The van der Waals surface area contributed by atoms with Gasteiger partial charge in [-0.2, -0.15) is 0 Å². The van der Waals surface area contributed by atoms with Gasteiger partial charge >= 0.3 is 6.09 Å². The van der Waals surface area contributed by atoms with Crippen LogP contribution in [0.25, 0.3) is 0 Å². The Labute approximate surface area is 138 Å². The summed E-state index contributed by atoms with van der Waals surface area (Å²) in [4.78, 5) is 15.1. The standard InChI is InChI=1S/C18H28N2O3/c1-17(2,3)20(16(21)22)14-18(23)9-11-19(12-10-18)13-15-7-5-4-6-8-15/h4-8,23H,9-14H2,1-3H3,(H,21,22). The van der Waals surface area contributed by atoms with Crippen molar-refractivity contribution in [3.63, 3.8) is 0 Å². The number of aliphatic hydroxyl groups is 1. The molecule has 0 atom stereocenters. The highest BCUT2D eigenvalue weighted by molar-refractivity contribution is 5.66. The van der Waals surface area contributed by atoms with Crippen LogP contribution in [-0.4, -0.2) is 56.9 Å². The summed E-state index contributed by atoms with van der Waals surface area (Å²) in [7, 11) is 0. The molecule has 1 aromatic rings. The number of rotatable bonds is 4. The molecule has 1 fully saturated rings. The summed E-state index contributed by atoms with van der Waals surface area (Å²) in [6.45, 7) is 8.18. The number of amides is 1. The zero-order chi connectivity index (χ0) is 17.1. The maximum Gasteiger partial charge on any atom is 0.407 e. The molecule has 5 nitrogen and oxygen atoms in total. The Kier molecular flexibility index (Phi) is 5.32. The van der Waals surface area contributed by atoms with Crippen molar-refractivity contribution in [3.8, 4) is 0 Å². The highest BCUT2D eigenvalue weighted by atomic mass is 16.4. The highest BCUT2D eigenvalue weighted by Crippen LogP contribution is 2.27. The Bertz CT molecular complexity index is 517. The van der Waals surface area contributed by atoms with E-state index in [2.05, 4.69) is 17.0 Å². The third-order valence-electron chi connectivity index (χ3n) is 4.53. The van der Waals surface area contributed by atoms with E-state index in [0.717, 1.165) is 19.6 Å². The summed E-state index contributed by atoms with van der Waals surface area (Å²) in [5, 5.41) is 20.2. The van der Waals surface area contributed by atoms with Gasteiger partial charge in [-0.25, -0.2) is 4.79 Å². The van der Waals surface area contributed by atoms with E-state index in [4.69, 9.17) is 0 Å². The minimum Gasteiger partial charge on any atom is -0.465 e. The molecule has 0 aliphatic carbocycles. The second kappa shape index (κ2) is 6.89. The van der Waals surface area contributed by atoms with E-state index < -0.39 is 17.2 Å². The van der Waals surface area contributed by atoms with Crippen LogP contribution < -0.4 is 0 Å². The van der Waals surface area contributed by atoms with Crippen molar-refractivity contribution in [2.75, 3.05) is 19.6 Å². The van der Waals surface area contributed by atoms with E-state index in [1.807, 2.05) is 39.0 Å². The number of piperidine rings is 1. The van der Waals surface area contributed by atoms with Crippen LogP contribution in [0.15, 0.2) is 30.3 Å². The lowest BCUT2D eigenvalue weighted by molar-refractivity contribution is -0.0565. The minimum atomic E-state index is -0.974. The Morgan fingerprint density at radius 3 is 2.26 bits per heavy atom. The molecule has 1 aliphatic heterocycles. The molecule has 1 aliphatic rings. The largest absolute Gasteiger partial charge is 0.465 e. The van der Waals surface area contributed by atoms with Crippen molar-refractivity contribution >= 4 is 6.09 Å². The second-order valence-corrected chi connectivity index (χ2v) is 7.53. The van der Waals surface area contributed by atoms with E-state index in [1.165, 1.54) is 10.5 Å². The van der Waals surface area contributed by atoms with Gasteiger partial charge in [-0.05, 0) is 39.2 Å². The lowest BCUT2D eigenvalue weighted by Gasteiger charge is -2.43. The molecule has 0 bridgehead atoms. The van der Waals surface area contributed by atoms with Crippen LogP contribution in [0.3, 0.4) is 0 Å². The quantitative estimate of drug-likeness (QED) is 0.895. The van der Waals surface area contributed by atoms with Crippen LogP contribution in [0.2, 0.25) is 0 Å². The van der Waals surface area contributed by atoms with Gasteiger partial charge < -0.3 is 15.1 Å². The molecule has 23 heavy (non-hydrogen) atoms. The molecule has 0 spiro atoms. The number of hydrogen-bond donors (Lipinski definition) is 2. The van der Waals surface area contributed by atoms with Gasteiger partial charge in [0.25, 0.3) is 0 Å². The monoisotopic (exact) mass is 320 g/mol. The summed E-state index contributed by atoms with van der Waals surface area (Å²) in [5.41, 5.74) is -0.179. The molecule has 128 valence electrons. The number of carboxylic acid groups (broad SMARTS) is 1. The first kappa shape index (κ1) is 17.8. The van der Waals surface area contributed by atoms with Crippen LogP contribution >= 0.6 is 0 Å². The number of carbonyl (C=O) groups is 1. The van der Waals surface area contributed by atoms with E-state index in [-0.39, 0.29) is 6.54 Å². The summed E-state index contributed by atoms with van der Waals surface area (Å²) in [6, 6.07) is 10.3. The molecular formula is C18H28N2O3. The first-order valence-electron chi connectivity index (χ1n) is 8.19. The third-order valence-corrected chi connectivity index (χ3v) is 4.53. The average molecular weight is 320 g/mol. The number of likely N-dealkylation sites (tertiary alicyclic amines) is 1. The Hall–Kier alpha value is -1.59. The molecule has 1 heterocycles. The Morgan fingerprint density at radius 2 is 1.78 bits per heavy atom. The van der Waals surface area contributed by atoms with Gasteiger partial charge in [0.2, 0.25) is 0 Å². The van der Waals surface area contributed by atoms with E-state index in [1.54, 1.807) is 0 Å². The van der Waals surface area contributed by atoms with Gasteiger partial charge in [0.15, 0.2) is 0 Å². The predicted molar refractivity (Wildman–Crippen MR) is 90.4 cm³/mol. The summed E-state index contributed by atoms with van der Waals surface area (Å²) in [5.74, 6) is 0. The predicted octanol–water partition coefficient (Wildman–Crippen LogP) is 2.79. The van der Waals surface area contributed by atoms with Crippen molar-refractivity contribution in [2.45, 2.75) is 51.3 Å². The van der Waals surface area contributed by atoms with Crippen LogP contribution in [0, 0.1) is 0 Å². The molecule has 1 aromatic carbocycles. The van der Waals surface area contributed by atoms with Crippen LogP contribution in [0.5, 0.6) is 0 Å². The Morgan fingerprint density at radius 1 is 1.22 bits per heavy atom. The van der Waals surface area contributed by atoms with Crippen LogP contribution in [0.1, 0.15) is 39.2 Å². The lowest BCUT2D eigenvalue weighted by Crippen LogP contribution is -2.56. The van der Waals surface area contributed by atoms with Crippen molar-refractivity contribution in [2.24, 2.45) is 0 Å². The molecule has 0 aromatic heterocycles. The smallest absolute Gasteiger partial charge is 0.407 e. The topological polar surface area (TPSA) is 64.0 Å². The van der Waals surface area contributed by atoms with Crippen LogP contribution in [0.4, 0.5) is 4.79 Å². The molecule has 2 rings (SSSR count). The van der Waals surface area contributed by atoms with E-state index in [0.29, 0.717) is 12.8 Å². The Balaban J connectivity index is 1.92. The highest BCUT2D eigenvalue weighted by Gasteiger charge is 2.38. The average Bonchev–Trinajstić information content (AvgIpc) is 2.47. The van der Waals surface area contributed by atoms with Gasteiger partial charge in [-0.1, -0.05) is 30.3 Å². The van der Waals surface area contributed by atoms with E-state index >= 15 is 0 Å². The van der Waals surface area contributed by atoms with Crippen molar-refractivity contribution in [3.05, 3.63) is 35.9 Å². The number of benzene rings is 1. The summed E-state index contributed by atoms with van der Waals surface area (Å²) in [6.07, 6.45) is 0.219. The van der Waals surface area contributed by atoms with Gasteiger partial charge in [0.1, 0.15) is 0 Å². The fraction of sp³-hybridized carbons (Fsp3) is 0.611. The SMILES string of the molecule is CC(C)(C)N(CC1(O)CCN(Cc2ccccc2)CC1)C(=O)O. The van der Waals surface area contributed by atoms with Gasteiger partial charge in [0.05, 0.1) is 12.1 Å². The fourth-order valence-electron chi connectivity index (χ4n) is 3.01. The van der Waals surface area contributed by atoms with Crippen molar-refractivity contribution in [1.82, 2.24) is 9.80 Å². The fourth-order valence-corrected chi connectivity index (χ4v) is 3.01. The number of nitrogens with zero attached hydrogens (tertiary/aromatic N) is 2. The second-order valence-electron chi connectivity index (χ2n) is 7.53. The van der Waals surface area contributed by atoms with E-state index in [9.17, 15) is 15.0 Å². The molecule has 0 radical (unpaired) electrons. The number of β-amino-alcohol motifs (C(OH)–C–C–N with tert-alkyl or cyclic N) is 1. The van der Waals surface area contributed by atoms with Gasteiger partial charge in [0, 0.05) is 25.2 Å². The summed E-state index contributed by atoms with van der Waals surface area (Å²) >= 11 is 0. The molecule has 2 N–H and O–H groups in total. The third kappa shape index (κ3) is 4.94. The summed E-state index contributed by atoms with van der Waals surface area (Å²) < 4.78 is 0. The number of hydrogen-bond acceptors (Lipinski definition) is 3. The van der Waals surface area contributed by atoms with Crippen molar-refractivity contribution in [1.29, 1.82) is 0 Å². The first-order valence-corrected chi connectivity index (χ1v) is 8.19. The van der Waals surface area contributed by atoms with Crippen molar-refractivity contribution < 1.29 is 15.0 Å². The molecule has 1 amide bonds. The maximum absolute atomic E-state index is 11.5. The zero-order valence-corrected chi connectivity index (χ0v) is 14.3. The zero-order valence-electron chi connectivity index (χ0n) is 14.3. The molecular weight excluding hydrogens is 292 g/mol. The molecule has 0 unspecified atom stereocenters. The van der Waals surface area contributed by atoms with Gasteiger partial charge in [-0.15, -0.1) is 0 Å². The normalized spacial score (nSPS) is 18.6. The molecule has 1 saturated heterocycles. The molecule has 5 heteroatoms. The lowest BCUT2D eigenvalue weighted by atomic mass is 9.89. The van der Waals surface area contributed by atoms with Gasteiger partial charge in [-0.3, -0.25) is 4.90 Å². The molecule has 0 saturated carbocycles. The first-order chi connectivity index (χ1) is 10.7. The van der Waals surface area contributed by atoms with Crippen LogP contribution in [-0.2, 0) is 6.54 Å².